The fourth-order valence-electron chi connectivity index (χ4n) is 3.49. The van der Waals surface area contributed by atoms with Gasteiger partial charge in [0, 0.05) is 25.3 Å². The van der Waals surface area contributed by atoms with Crippen molar-refractivity contribution in [1.29, 1.82) is 0 Å². The lowest BCUT2D eigenvalue weighted by molar-refractivity contribution is -0.180. The van der Waals surface area contributed by atoms with Crippen LogP contribution in [0.2, 0.25) is 0 Å². The molecule has 0 unspecified atom stereocenters. The Kier molecular flexibility index (Phi) is 4.89. The minimum absolute atomic E-state index is 0.246. The Labute approximate surface area is 125 Å². The van der Waals surface area contributed by atoms with Gasteiger partial charge in [0.1, 0.15) is 0 Å². The molecule has 114 valence electrons. The van der Waals surface area contributed by atoms with E-state index >= 15 is 0 Å². The second kappa shape index (κ2) is 6.67. The van der Waals surface area contributed by atoms with E-state index in [2.05, 4.69) is 5.32 Å². The van der Waals surface area contributed by atoms with Gasteiger partial charge in [-0.25, -0.2) is 0 Å². The molecule has 1 N–H and O–H groups in total. The molecule has 0 aromatic carbocycles. The predicted octanol–water partition coefficient (Wildman–Crippen LogP) is 2.32. The van der Waals surface area contributed by atoms with E-state index in [1.807, 2.05) is 11.8 Å². The molecule has 3 aliphatic rings. The molecule has 2 heterocycles. The smallest absolute Gasteiger partial charge is 0.220 e. The van der Waals surface area contributed by atoms with Gasteiger partial charge in [0.25, 0.3) is 0 Å². The zero-order valence-corrected chi connectivity index (χ0v) is 12.9. The Balaban J connectivity index is 1.39. The third kappa shape index (κ3) is 3.68. The predicted molar refractivity (Wildman–Crippen MR) is 79.7 cm³/mol. The summed E-state index contributed by atoms with van der Waals surface area (Å²) in [6, 6.07) is 0.318. The summed E-state index contributed by atoms with van der Waals surface area (Å²) in [5.41, 5.74) is 0. The lowest BCUT2D eigenvalue weighted by Gasteiger charge is -2.35. The van der Waals surface area contributed by atoms with Crippen LogP contribution in [-0.4, -0.2) is 42.5 Å². The van der Waals surface area contributed by atoms with Crippen molar-refractivity contribution in [2.24, 2.45) is 5.92 Å². The number of carbonyl (C=O) groups excluding carboxylic acids is 1. The largest absolute Gasteiger partial charge is 0.353 e. The molecule has 2 saturated heterocycles. The maximum atomic E-state index is 12.1. The average Bonchev–Trinajstić information content (AvgIpc) is 2.91. The first-order valence-electron chi connectivity index (χ1n) is 7.91. The van der Waals surface area contributed by atoms with Gasteiger partial charge in [-0.3, -0.25) is 4.79 Å². The molecule has 0 bridgehead atoms. The van der Waals surface area contributed by atoms with Crippen LogP contribution in [0, 0.1) is 5.92 Å². The Morgan fingerprint density at radius 2 is 1.75 bits per heavy atom. The highest BCUT2D eigenvalue weighted by Gasteiger charge is 2.40. The van der Waals surface area contributed by atoms with Crippen LogP contribution in [0.25, 0.3) is 0 Å². The van der Waals surface area contributed by atoms with Crippen LogP contribution in [0.4, 0.5) is 0 Å². The van der Waals surface area contributed by atoms with Gasteiger partial charge >= 0.3 is 0 Å². The van der Waals surface area contributed by atoms with Gasteiger partial charge in [-0.15, -0.1) is 0 Å². The number of nitrogens with one attached hydrogen (secondary N) is 1. The van der Waals surface area contributed by atoms with Gasteiger partial charge in [-0.2, -0.15) is 11.8 Å². The van der Waals surface area contributed by atoms with E-state index in [1.54, 1.807) is 0 Å². The van der Waals surface area contributed by atoms with E-state index in [0.29, 0.717) is 12.0 Å². The summed E-state index contributed by atoms with van der Waals surface area (Å²) < 4.78 is 11.4. The minimum atomic E-state index is -0.318. The highest BCUT2D eigenvalue weighted by atomic mass is 32.2. The van der Waals surface area contributed by atoms with E-state index in [-0.39, 0.29) is 11.7 Å². The summed E-state index contributed by atoms with van der Waals surface area (Å²) in [5.74, 6) is 2.97. The summed E-state index contributed by atoms with van der Waals surface area (Å²) in [6.45, 7) is 1.44. The van der Waals surface area contributed by atoms with Gasteiger partial charge in [-0.1, -0.05) is 0 Å². The van der Waals surface area contributed by atoms with Gasteiger partial charge in [0.15, 0.2) is 5.79 Å². The number of hydrogen-bond acceptors (Lipinski definition) is 4. The zero-order valence-electron chi connectivity index (χ0n) is 12.1. The highest BCUT2D eigenvalue weighted by Crippen LogP contribution is 2.35. The van der Waals surface area contributed by atoms with Crippen molar-refractivity contribution in [3.8, 4) is 0 Å². The van der Waals surface area contributed by atoms with Gasteiger partial charge in [0.05, 0.1) is 13.2 Å². The maximum Gasteiger partial charge on any atom is 0.220 e. The number of ether oxygens (including phenoxy) is 2. The Bertz CT molecular complexity index is 328. The average molecular weight is 299 g/mol. The van der Waals surface area contributed by atoms with E-state index in [0.717, 1.165) is 45.3 Å². The van der Waals surface area contributed by atoms with Crippen LogP contribution in [0.1, 0.15) is 44.9 Å². The molecule has 0 aromatic heterocycles. The third-order valence-electron chi connectivity index (χ3n) is 4.74. The van der Waals surface area contributed by atoms with Crippen LogP contribution < -0.4 is 5.32 Å². The fraction of sp³-hybridized carbons (Fsp3) is 0.933. The van der Waals surface area contributed by atoms with Crippen molar-refractivity contribution in [3.63, 3.8) is 0 Å². The van der Waals surface area contributed by atoms with Crippen molar-refractivity contribution < 1.29 is 14.3 Å². The van der Waals surface area contributed by atoms with E-state index in [9.17, 15) is 4.79 Å². The second-order valence-electron chi connectivity index (χ2n) is 6.21. The maximum absolute atomic E-state index is 12.1. The summed E-state index contributed by atoms with van der Waals surface area (Å²) in [4.78, 5) is 12.1. The van der Waals surface area contributed by atoms with Crippen LogP contribution in [0.5, 0.6) is 0 Å². The molecule has 20 heavy (non-hydrogen) atoms. The first-order valence-corrected chi connectivity index (χ1v) is 9.06. The number of thioether (sulfide) groups is 1. The quantitative estimate of drug-likeness (QED) is 0.869. The molecule has 1 amide bonds. The van der Waals surface area contributed by atoms with Gasteiger partial charge in [0.2, 0.25) is 5.91 Å². The standard InChI is InChI=1S/C15H25NO3S/c17-14(11-12-3-9-20-10-4-12)16-13-1-5-15(6-2-13)18-7-8-19-15/h12-13H,1-11H2,(H,16,17). The van der Waals surface area contributed by atoms with Gasteiger partial charge < -0.3 is 14.8 Å². The molecule has 3 fully saturated rings. The first-order chi connectivity index (χ1) is 9.76. The van der Waals surface area contributed by atoms with Crippen LogP contribution in [0.3, 0.4) is 0 Å². The van der Waals surface area contributed by atoms with E-state index in [4.69, 9.17) is 9.47 Å². The van der Waals surface area contributed by atoms with Crippen molar-refractivity contribution in [3.05, 3.63) is 0 Å². The Morgan fingerprint density at radius 1 is 1.10 bits per heavy atom. The first kappa shape index (κ1) is 14.7. The normalized spacial score (nSPS) is 27.8. The highest BCUT2D eigenvalue weighted by molar-refractivity contribution is 7.99. The van der Waals surface area contributed by atoms with Crippen molar-refractivity contribution in [1.82, 2.24) is 5.32 Å². The topological polar surface area (TPSA) is 47.6 Å². The lowest BCUT2D eigenvalue weighted by atomic mass is 9.89. The third-order valence-corrected chi connectivity index (χ3v) is 5.79. The molecular weight excluding hydrogens is 274 g/mol. The van der Waals surface area contributed by atoms with Crippen molar-refractivity contribution in [2.45, 2.75) is 56.8 Å². The monoisotopic (exact) mass is 299 g/mol. The molecule has 4 nitrogen and oxygen atoms in total. The van der Waals surface area contributed by atoms with Gasteiger partial charge in [-0.05, 0) is 43.1 Å². The molecule has 3 rings (SSSR count). The number of carbonyl (C=O) groups is 1. The number of hydrogen-bond donors (Lipinski definition) is 1. The molecule has 0 atom stereocenters. The van der Waals surface area contributed by atoms with Crippen LogP contribution >= 0.6 is 11.8 Å². The summed E-state index contributed by atoms with van der Waals surface area (Å²) in [7, 11) is 0. The SMILES string of the molecule is O=C(CC1CCSCC1)NC1CCC2(CC1)OCCO2. The number of rotatable bonds is 3. The van der Waals surface area contributed by atoms with Crippen LogP contribution in [-0.2, 0) is 14.3 Å². The molecule has 5 heteroatoms. The summed E-state index contributed by atoms with van der Waals surface area (Å²) >= 11 is 2.01. The Hall–Kier alpha value is -0.260. The molecule has 1 saturated carbocycles. The second-order valence-corrected chi connectivity index (χ2v) is 7.43. The van der Waals surface area contributed by atoms with Crippen LogP contribution in [0.15, 0.2) is 0 Å². The summed E-state index contributed by atoms with van der Waals surface area (Å²) in [6.07, 6.45) is 6.91. The molecule has 1 aliphatic carbocycles. The minimum Gasteiger partial charge on any atom is -0.353 e. The summed E-state index contributed by atoms with van der Waals surface area (Å²) in [5, 5.41) is 3.22. The zero-order chi connectivity index (χ0) is 13.8. The molecule has 0 aromatic rings. The lowest BCUT2D eigenvalue weighted by Crippen LogP contribution is -2.44. The van der Waals surface area contributed by atoms with Crippen molar-refractivity contribution >= 4 is 17.7 Å². The number of amides is 1. The van der Waals surface area contributed by atoms with E-state index in [1.165, 1.54) is 24.3 Å². The van der Waals surface area contributed by atoms with E-state index < -0.39 is 0 Å². The Morgan fingerprint density at radius 3 is 2.40 bits per heavy atom. The fourth-order valence-corrected chi connectivity index (χ4v) is 4.69. The molecule has 0 radical (unpaired) electrons. The molecule has 1 spiro atoms. The molecule has 2 aliphatic heterocycles. The molecular formula is C15H25NO3S. The van der Waals surface area contributed by atoms with Crippen molar-refractivity contribution in [2.75, 3.05) is 24.7 Å².